The number of amides is 1. The molecule has 1 aromatic carbocycles. The summed E-state index contributed by atoms with van der Waals surface area (Å²) < 4.78 is 3.55. The Kier molecular flexibility index (Phi) is 5.15. The molecule has 0 saturated carbocycles. The van der Waals surface area contributed by atoms with Gasteiger partial charge in [0, 0.05) is 19.7 Å². The first kappa shape index (κ1) is 18.9. The Morgan fingerprint density at radius 2 is 2.00 bits per heavy atom. The van der Waals surface area contributed by atoms with Gasteiger partial charge >= 0.3 is 5.69 Å². The van der Waals surface area contributed by atoms with E-state index in [1.807, 2.05) is 0 Å². The topological polar surface area (TPSA) is 103 Å². The number of carbonyl (C=O) groups is 1. The van der Waals surface area contributed by atoms with E-state index < -0.39 is 17.2 Å². The first-order valence-corrected chi connectivity index (χ1v) is 8.43. The number of carbonyl (C=O) groups excluding carboxylic acids is 1. The first-order valence-electron chi connectivity index (χ1n) is 7.68. The predicted molar refractivity (Wildman–Crippen MR) is 102 cm³/mol. The van der Waals surface area contributed by atoms with E-state index in [-0.39, 0.29) is 17.7 Å². The van der Waals surface area contributed by atoms with E-state index >= 15 is 0 Å². The van der Waals surface area contributed by atoms with Crippen LogP contribution in [0.4, 0.5) is 0 Å². The molecule has 0 aliphatic carbocycles. The highest BCUT2D eigenvalue weighted by Gasteiger charge is 2.15. The minimum Gasteiger partial charge on any atom is -0.315 e. The van der Waals surface area contributed by atoms with Crippen LogP contribution in [0.15, 0.2) is 39.2 Å². The molecule has 0 spiro atoms. The van der Waals surface area contributed by atoms with Crippen LogP contribution in [0.5, 0.6) is 0 Å². The molecule has 0 unspecified atom stereocenters. The Balaban J connectivity index is 1.81. The second-order valence-corrected chi connectivity index (χ2v) is 6.47. The minimum absolute atomic E-state index is 0.150. The lowest BCUT2D eigenvalue weighted by molar-refractivity contribution is -0.121. The van der Waals surface area contributed by atoms with E-state index in [4.69, 9.17) is 23.2 Å². The van der Waals surface area contributed by atoms with E-state index in [2.05, 4.69) is 15.5 Å². The van der Waals surface area contributed by atoms with E-state index in [0.29, 0.717) is 15.6 Å². The van der Waals surface area contributed by atoms with Gasteiger partial charge in [0.1, 0.15) is 6.54 Å². The first-order chi connectivity index (χ1) is 12.8. The van der Waals surface area contributed by atoms with E-state index in [1.165, 1.54) is 35.8 Å². The molecule has 0 fully saturated rings. The highest BCUT2D eigenvalue weighted by Crippen LogP contribution is 2.24. The third-order valence-corrected chi connectivity index (χ3v) is 4.74. The molecule has 0 aliphatic heterocycles. The summed E-state index contributed by atoms with van der Waals surface area (Å²) in [5.74, 6) is -0.486. The van der Waals surface area contributed by atoms with Crippen molar-refractivity contribution in [3.8, 4) is 0 Å². The highest BCUT2D eigenvalue weighted by atomic mass is 35.5. The molecular formula is C16H14Cl2N6O3. The molecule has 0 bridgehead atoms. The van der Waals surface area contributed by atoms with E-state index in [9.17, 15) is 14.4 Å². The molecule has 0 atom stereocenters. The Bertz CT molecular complexity index is 1190. The summed E-state index contributed by atoms with van der Waals surface area (Å²) >= 11 is 11.9. The summed E-state index contributed by atoms with van der Waals surface area (Å²) in [6, 6.07) is 5.03. The van der Waals surface area contributed by atoms with Gasteiger partial charge in [0.25, 0.3) is 11.5 Å². The third-order valence-electron chi connectivity index (χ3n) is 3.91. The summed E-state index contributed by atoms with van der Waals surface area (Å²) in [5, 5.41) is 4.53. The Hall–Kier alpha value is -2.91. The second kappa shape index (κ2) is 7.37. The molecule has 3 rings (SSSR count). The second-order valence-electron chi connectivity index (χ2n) is 5.69. The minimum atomic E-state index is -0.535. The Morgan fingerprint density at radius 3 is 2.74 bits per heavy atom. The zero-order valence-corrected chi connectivity index (χ0v) is 15.8. The van der Waals surface area contributed by atoms with Crippen LogP contribution in [-0.4, -0.2) is 30.8 Å². The fourth-order valence-electron chi connectivity index (χ4n) is 2.50. The van der Waals surface area contributed by atoms with Gasteiger partial charge in [-0.15, -0.1) is 0 Å². The number of aromatic nitrogens is 4. The largest absolute Gasteiger partial charge is 0.332 e. The average Bonchev–Trinajstić information content (AvgIpc) is 3.05. The van der Waals surface area contributed by atoms with Crippen molar-refractivity contribution in [2.45, 2.75) is 6.54 Å². The molecule has 0 radical (unpaired) electrons. The maximum Gasteiger partial charge on any atom is 0.332 e. The molecule has 11 heteroatoms. The molecule has 9 nitrogen and oxygen atoms in total. The Morgan fingerprint density at radius 1 is 1.26 bits per heavy atom. The number of nitrogens with zero attached hydrogens (tertiary/aromatic N) is 5. The maximum atomic E-state index is 12.3. The smallest absolute Gasteiger partial charge is 0.315 e. The lowest BCUT2D eigenvalue weighted by Gasteiger charge is -2.06. The van der Waals surface area contributed by atoms with Crippen molar-refractivity contribution in [2.75, 3.05) is 0 Å². The van der Waals surface area contributed by atoms with Crippen LogP contribution < -0.4 is 16.7 Å². The fraction of sp³-hybridized carbons (Fsp3) is 0.188. The molecule has 27 heavy (non-hydrogen) atoms. The van der Waals surface area contributed by atoms with Gasteiger partial charge < -0.3 is 4.57 Å². The molecule has 3 aromatic rings. The average molecular weight is 409 g/mol. The standard InChI is InChI=1S/C16H14Cl2N6O3/c1-22-14-13(15(26)23(2)16(22)27)24(8-19-14)7-11(25)21-20-6-9-4-3-5-10(17)12(9)18/h3-6,8H,7H2,1-2H3,(H,21,25)/b20-6-. The number of hydrogen-bond donors (Lipinski definition) is 1. The van der Waals surface area contributed by atoms with Gasteiger partial charge in [-0.25, -0.2) is 15.2 Å². The zero-order valence-electron chi connectivity index (χ0n) is 14.3. The van der Waals surface area contributed by atoms with Crippen molar-refractivity contribution in [3.63, 3.8) is 0 Å². The van der Waals surface area contributed by atoms with Crippen LogP contribution in [0.1, 0.15) is 5.56 Å². The van der Waals surface area contributed by atoms with E-state index in [1.54, 1.807) is 18.2 Å². The van der Waals surface area contributed by atoms with Gasteiger partial charge in [-0.05, 0) is 6.07 Å². The lowest BCUT2D eigenvalue weighted by atomic mass is 10.2. The van der Waals surface area contributed by atoms with Crippen molar-refractivity contribution in [2.24, 2.45) is 19.2 Å². The number of nitrogens with one attached hydrogen (secondary N) is 1. The summed E-state index contributed by atoms with van der Waals surface area (Å²) in [6.07, 6.45) is 2.68. The van der Waals surface area contributed by atoms with Gasteiger partial charge in [0.05, 0.1) is 22.6 Å². The lowest BCUT2D eigenvalue weighted by Crippen LogP contribution is -2.38. The van der Waals surface area contributed by atoms with Crippen LogP contribution in [0, 0.1) is 0 Å². The van der Waals surface area contributed by atoms with Crippen LogP contribution >= 0.6 is 23.2 Å². The van der Waals surface area contributed by atoms with Gasteiger partial charge in [0.15, 0.2) is 11.2 Å². The van der Waals surface area contributed by atoms with Crippen LogP contribution in [0.25, 0.3) is 11.2 Å². The predicted octanol–water partition coefficient (Wildman–Crippen LogP) is 0.891. The number of halogens is 2. The van der Waals surface area contributed by atoms with Crippen molar-refractivity contribution in [1.82, 2.24) is 24.1 Å². The van der Waals surface area contributed by atoms with Gasteiger partial charge in [-0.1, -0.05) is 35.3 Å². The zero-order chi connectivity index (χ0) is 19.7. The van der Waals surface area contributed by atoms with Crippen LogP contribution in [0.2, 0.25) is 10.0 Å². The quantitative estimate of drug-likeness (QED) is 0.511. The van der Waals surface area contributed by atoms with Crippen molar-refractivity contribution >= 4 is 46.5 Å². The number of rotatable bonds is 4. The molecule has 0 aliphatic rings. The van der Waals surface area contributed by atoms with Crippen LogP contribution in [0.3, 0.4) is 0 Å². The fourth-order valence-corrected chi connectivity index (χ4v) is 2.86. The van der Waals surface area contributed by atoms with Crippen LogP contribution in [-0.2, 0) is 25.4 Å². The van der Waals surface area contributed by atoms with Crippen molar-refractivity contribution < 1.29 is 4.79 Å². The molecule has 0 saturated heterocycles. The number of benzene rings is 1. The SMILES string of the molecule is Cn1c(=O)c2c(ncn2CC(=O)N/N=C\c2cccc(Cl)c2Cl)n(C)c1=O. The number of fused-ring (bicyclic) bond motifs is 1. The molecule has 2 heterocycles. The molecule has 2 aromatic heterocycles. The number of aryl methyl sites for hydroxylation is 1. The molecule has 140 valence electrons. The highest BCUT2D eigenvalue weighted by molar-refractivity contribution is 6.43. The van der Waals surface area contributed by atoms with Gasteiger partial charge in [-0.3, -0.25) is 18.7 Å². The third kappa shape index (κ3) is 3.51. The van der Waals surface area contributed by atoms with Crippen molar-refractivity contribution in [1.29, 1.82) is 0 Å². The summed E-state index contributed by atoms with van der Waals surface area (Å²) in [6.45, 7) is -0.204. The summed E-state index contributed by atoms with van der Waals surface area (Å²) in [5.41, 5.74) is 2.21. The van der Waals surface area contributed by atoms with Gasteiger partial charge in [-0.2, -0.15) is 5.10 Å². The molecular weight excluding hydrogens is 395 g/mol. The molecule has 1 amide bonds. The van der Waals surface area contributed by atoms with Crippen molar-refractivity contribution in [3.05, 3.63) is 61.0 Å². The number of hydrogen-bond acceptors (Lipinski definition) is 5. The molecule has 1 N–H and O–H groups in total. The Labute approximate surface area is 162 Å². The monoisotopic (exact) mass is 408 g/mol. The number of hydrazone groups is 1. The summed E-state index contributed by atoms with van der Waals surface area (Å²) in [4.78, 5) is 40.4. The van der Waals surface area contributed by atoms with E-state index in [0.717, 1.165) is 4.57 Å². The maximum absolute atomic E-state index is 12.3. The van der Waals surface area contributed by atoms with Gasteiger partial charge in [0.2, 0.25) is 0 Å². The number of imidazole rings is 1. The normalized spacial score (nSPS) is 11.4. The summed E-state index contributed by atoms with van der Waals surface area (Å²) in [7, 11) is 2.86.